The Hall–Kier alpha value is -3.27. The molecule has 0 unspecified atom stereocenters. The van der Waals surface area contributed by atoms with Crippen molar-refractivity contribution in [3.05, 3.63) is 76.0 Å². The van der Waals surface area contributed by atoms with Crippen molar-refractivity contribution in [3.8, 4) is 5.82 Å². The fraction of sp³-hybridized carbons (Fsp3) is 0.286. The van der Waals surface area contributed by atoms with E-state index in [1.165, 1.54) is 25.1 Å². The first-order valence-electron chi connectivity index (χ1n) is 9.11. The minimum atomic E-state index is -4.64. The van der Waals surface area contributed by atoms with Crippen LogP contribution in [0.4, 0.5) is 17.6 Å². The number of hydrogen-bond donors (Lipinski definition) is 0. The summed E-state index contributed by atoms with van der Waals surface area (Å²) in [6.07, 6.45) is -3.14. The molecule has 6 nitrogen and oxygen atoms in total. The number of ether oxygens (including phenoxy) is 2. The molecule has 10 heteroatoms. The van der Waals surface area contributed by atoms with Gasteiger partial charge in [-0.05, 0) is 54.8 Å². The van der Waals surface area contributed by atoms with Crippen molar-refractivity contribution in [2.45, 2.75) is 26.1 Å². The molecule has 2 heterocycles. The van der Waals surface area contributed by atoms with Gasteiger partial charge in [0.2, 0.25) is 0 Å². The van der Waals surface area contributed by atoms with Crippen LogP contribution in [0.1, 0.15) is 38.4 Å². The number of benzene rings is 1. The van der Waals surface area contributed by atoms with Crippen LogP contribution in [0.5, 0.6) is 0 Å². The molecule has 0 N–H and O–H groups in total. The predicted octanol–water partition coefficient (Wildman–Crippen LogP) is 4.26. The van der Waals surface area contributed by atoms with Gasteiger partial charge in [-0.3, -0.25) is 0 Å². The SMILES string of the molecule is COCc1nn(-c2cc(Cc3cc(F)cc(C(F)(F)F)c3)ccn2)c(C)c1C(=O)OC. The molecule has 31 heavy (non-hydrogen) atoms. The maximum absolute atomic E-state index is 13.7. The summed E-state index contributed by atoms with van der Waals surface area (Å²) in [5.74, 6) is -1.20. The van der Waals surface area contributed by atoms with Crippen molar-refractivity contribution in [1.29, 1.82) is 0 Å². The maximum Gasteiger partial charge on any atom is 0.416 e. The minimum absolute atomic E-state index is 0.0471. The second kappa shape index (κ2) is 8.84. The number of halogens is 4. The number of methoxy groups -OCH3 is 2. The van der Waals surface area contributed by atoms with Crippen molar-refractivity contribution >= 4 is 5.97 Å². The van der Waals surface area contributed by atoms with Gasteiger partial charge in [0.1, 0.15) is 17.1 Å². The number of carbonyl (C=O) groups excluding carboxylic acids is 1. The molecule has 3 aromatic rings. The first-order valence-corrected chi connectivity index (χ1v) is 9.11. The molecule has 0 saturated heterocycles. The van der Waals surface area contributed by atoms with E-state index in [0.29, 0.717) is 28.8 Å². The van der Waals surface area contributed by atoms with Crippen LogP contribution in [0, 0.1) is 12.7 Å². The molecule has 3 rings (SSSR count). The summed E-state index contributed by atoms with van der Waals surface area (Å²) < 4.78 is 64.0. The molecule has 164 valence electrons. The van der Waals surface area contributed by atoms with Gasteiger partial charge < -0.3 is 9.47 Å². The predicted molar refractivity (Wildman–Crippen MR) is 102 cm³/mol. The number of esters is 1. The van der Waals surface area contributed by atoms with Crippen molar-refractivity contribution in [2.75, 3.05) is 14.2 Å². The Morgan fingerprint density at radius 1 is 1.13 bits per heavy atom. The van der Waals surface area contributed by atoms with E-state index in [0.717, 1.165) is 12.1 Å². The largest absolute Gasteiger partial charge is 0.465 e. The molecular formula is C21H19F4N3O3. The summed E-state index contributed by atoms with van der Waals surface area (Å²) in [5.41, 5.74) is 0.777. The zero-order valence-corrected chi connectivity index (χ0v) is 17.0. The van der Waals surface area contributed by atoms with Gasteiger partial charge in [0.15, 0.2) is 5.82 Å². The highest BCUT2D eigenvalue weighted by molar-refractivity contribution is 5.92. The van der Waals surface area contributed by atoms with E-state index >= 15 is 0 Å². The quantitative estimate of drug-likeness (QED) is 0.426. The van der Waals surface area contributed by atoms with Crippen LogP contribution >= 0.6 is 0 Å². The van der Waals surface area contributed by atoms with E-state index in [-0.39, 0.29) is 24.2 Å². The third-order valence-corrected chi connectivity index (χ3v) is 4.58. The molecule has 1 aromatic carbocycles. The number of rotatable bonds is 6. The molecule has 0 amide bonds. The smallest absolute Gasteiger partial charge is 0.416 e. The Bertz CT molecular complexity index is 1110. The average molecular weight is 437 g/mol. The Kier molecular flexibility index (Phi) is 6.40. The van der Waals surface area contributed by atoms with Gasteiger partial charge in [0.25, 0.3) is 0 Å². The Morgan fingerprint density at radius 2 is 1.87 bits per heavy atom. The number of pyridine rings is 1. The van der Waals surface area contributed by atoms with Gasteiger partial charge in [0, 0.05) is 13.3 Å². The van der Waals surface area contributed by atoms with E-state index in [4.69, 9.17) is 9.47 Å². The van der Waals surface area contributed by atoms with Gasteiger partial charge >= 0.3 is 12.1 Å². The maximum atomic E-state index is 13.7. The molecule has 0 aliphatic carbocycles. The van der Waals surface area contributed by atoms with Crippen LogP contribution < -0.4 is 0 Å². The number of carbonyl (C=O) groups is 1. The van der Waals surface area contributed by atoms with Crippen LogP contribution in [0.2, 0.25) is 0 Å². The molecule has 0 radical (unpaired) electrons. The van der Waals surface area contributed by atoms with Crippen molar-refractivity contribution in [1.82, 2.24) is 14.8 Å². The third kappa shape index (κ3) is 4.91. The summed E-state index contributed by atoms with van der Waals surface area (Å²) in [4.78, 5) is 16.4. The van der Waals surface area contributed by atoms with E-state index in [2.05, 4.69) is 10.1 Å². The van der Waals surface area contributed by atoms with Crippen molar-refractivity contribution in [3.63, 3.8) is 0 Å². The normalized spacial score (nSPS) is 11.6. The standard InChI is InChI=1S/C21H19F4N3O3/c1-12-19(20(29)31-3)17(11-30-2)27-28(12)18-9-13(4-5-26-18)6-14-7-15(21(23,24)25)10-16(22)8-14/h4-5,7-10H,6,11H2,1-3H3. The highest BCUT2D eigenvalue weighted by atomic mass is 19.4. The summed E-state index contributed by atoms with van der Waals surface area (Å²) >= 11 is 0. The molecule has 0 aliphatic heterocycles. The highest BCUT2D eigenvalue weighted by Crippen LogP contribution is 2.31. The van der Waals surface area contributed by atoms with Crippen LogP contribution in [-0.4, -0.2) is 35.0 Å². The molecule has 0 bridgehead atoms. The Morgan fingerprint density at radius 3 is 2.52 bits per heavy atom. The summed E-state index contributed by atoms with van der Waals surface area (Å²) in [6, 6.07) is 5.64. The van der Waals surface area contributed by atoms with Gasteiger partial charge in [-0.2, -0.15) is 18.3 Å². The topological polar surface area (TPSA) is 66.2 Å². The van der Waals surface area contributed by atoms with E-state index in [1.54, 1.807) is 19.1 Å². The minimum Gasteiger partial charge on any atom is -0.465 e. The lowest BCUT2D eigenvalue weighted by Crippen LogP contribution is -2.07. The lowest BCUT2D eigenvalue weighted by molar-refractivity contribution is -0.137. The fourth-order valence-electron chi connectivity index (χ4n) is 3.23. The summed E-state index contributed by atoms with van der Waals surface area (Å²) in [6.45, 7) is 1.73. The number of alkyl halides is 3. The Labute approximate surface area is 175 Å². The van der Waals surface area contributed by atoms with Gasteiger partial charge in [-0.15, -0.1) is 0 Å². The zero-order chi connectivity index (χ0) is 22.8. The van der Waals surface area contributed by atoms with E-state index in [1.807, 2.05) is 0 Å². The number of aromatic nitrogens is 3. The molecule has 0 aliphatic rings. The van der Waals surface area contributed by atoms with Crippen LogP contribution in [0.25, 0.3) is 5.82 Å². The van der Waals surface area contributed by atoms with Crippen molar-refractivity contribution < 1.29 is 31.8 Å². The van der Waals surface area contributed by atoms with Gasteiger partial charge in [-0.25, -0.2) is 18.9 Å². The third-order valence-electron chi connectivity index (χ3n) is 4.58. The van der Waals surface area contributed by atoms with Gasteiger partial charge in [0.05, 0.1) is 25.0 Å². The van der Waals surface area contributed by atoms with Crippen LogP contribution in [0.3, 0.4) is 0 Å². The second-order valence-electron chi connectivity index (χ2n) is 6.79. The second-order valence-corrected chi connectivity index (χ2v) is 6.79. The molecule has 0 atom stereocenters. The lowest BCUT2D eigenvalue weighted by Gasteiger charge is -2.10. The van der Waals surface area contributed by atoms with Crippen molar-refractivity contribution in [2.24, 2.45) is 0 Å². The molecule has 0 spiro atoms. The lowest BCUT2D eigenvalue weighted by atomic mass is 10.0. The summed E-state index contributed by atoms with van der Waals surface area (Å²) in [7, 11) is 2.71. The molecular weight excluding hydrogens is 418 g/mol. The van der Waals surface area contributed by atoms with Crippen LogP contribution in [-0.2, 0) is 28.7 Å². The number of nitrogens with zero attached hydrogens (tertiary/aromatic N) is 3. The summed E-state index contributed by atoms with van der Waals surface area (Å²) in [5, 5.41) is 4.37. The highest BCUT2D eigenvalue weighted by Gasteiger charge is 2.31. The molecule has 2 aromatic heterocycles. The molecule has 0 saturated carbocycles. The zero-order valence-electron chi connectivity index (χ0n) is 17.0. The first kappa shape index (κ1) is 22.4. The van der Waals surface area contributed by atoms with E-state index < -0.39 is 23.5 Å². The van der Waals surface area contributed by atoms with E-state index in [9.17, 15) is 22.4 Å². The average Bonchev–Trinajstić information content (AvgIpc) is 3.03. The van der Waals surface area contributed by atoms with Crippen LogP contribution in [0.15, 0.2) is 36.5 Å². The first-order chi connectivity index (χ1) is 14.6. The fourth-order valence-corrected chi connectivity index (χ4v) is 3.23. The Balaban J connectivity index is 1.98. The molecule has 0 fully saturated rings. The monoisotopic (exact) mass is 437 g/mol. The van der Waals surface area contributed by atoms with Gasteiger partial charge in [-0.1, -0.05) is 0 Å². The number of hydrogen-bond acceptors (Lipinski definition) is 5.